The minimum atomic E-state index is -0.415. The molecule has 0 spiro atoms. The Bertz CT molecular complexity index is 1780. The zero-order valence-electron chi connectivity index (χ0n) is 23.0. The average molecular weight is 585 g/mol. The molecule has 1 amide bonds. The first-order chi connectivity index (χ1) is 20.6. The molecule has 1 aliphatic heterocycles. The van der Waals surface area contributed by atoms with Gasteiger partial charge in [0, 0.05) is 46.5 Å². The van der Waals surface area contributed by atoms with Crippen molar-refractivity contribution in [3.63, 3.8) is 0 Å². The van der Waals surface area contributed by atoms with Crippen molar-refractivity contribution in [1.82, 2.24) is 30.8 Å². The summed E-state index contributed by atoms with van der Waals surface area (Å²) in [5.74, 6) is 0.437. The summed E-state index contributed by atoms with van der Waals surface area (Å²) < 4.78 is 26.5. The summed E-state index contributed by atoms with van der Waals surface area (Å²) in [6.07, 6.45) is 2.14. The molecule has 214 valence electrons. The molecule has 11 heteroatoms. The Morgan fingerprint density at radius 3 is 2.90 bits per heavy atom. The fourth-order valence-electron chi connectivity index (χ4n) is 5.06. The maximum atomic E-state index is 14.5. The van der Waals surface area contributed by atoms with Gasteiger partial charge in [0.05, 0.1) is 18.8 Å². The van der Waals surface area contributed by atoms with Crippen LogP contribution in [0.4, 0.5) is 4.39 Å². The molecule has 6 rings (SSSR count). The number of benzene rings is 2. The van der Waals surface area contributed by atoms with E-state index < -0.39 is 5.82 Å². The molecule has 0 saturated heterocycles. The number of halogens is 1. The lowest BCUT2D eigenvalue weighted by atomic mass is 9.94. The first kappa shape index (κ1) is 27.7. The Morgan fingerprint density at radius 2 is 2.05 bits per heavy atom. The number of thiophene rings is 1. The Balaban J connectivity index is 1.55. The molecule has 0 unspecified atom stereocenters. The molecule has 4 heterocycles. The van der Waals surface area contributed by atoms with Gasteiger partial charge >= 0.3 is 0 Å². The lowest BCUT2D eigenvalue weighted by Gasteiger charge is -2.19. The highest BCUT2D eigenvalue weighted by Crippen LogP contribution is 2.45. The number of carbonyl (C=O) groups is 1. The summed E-state index contributed by atoms with van der Waals surface area (Å²) >= 11 is 1.56. The quantitative estimate of drug-likeness (QED) is 0.156. The zero-order chi connectivity index (χ0) is 29.1. The smallest absolute Gasteiger partial charge is 0.243 e. The Morgan fingerprint density at radius 1 is 1.14 bits per heavy atom. The van der Waals surface area contributed by atoms with Gasteiger partial charge in [-0.2, -0.15) is 5.10 Å². The zero-order valence-corrected chi connectivity index (χ0v) is 23.8. The largest absolute Gasteiger partial charge is 0.490 e. The summed E-state index contributed by atoms with van der Waals surface area (Å²) in [6, 6.07) is 13.0. The number of hydrogen-bond acceptors (Lipinski definition) is 8. The molecule has 2 aromatic carbocycles. The van der Waals surface area contributed by atoms with Crippen LogP contribution in [0.15, 0.2) is 60.5 Å². The SMILES string of the molecule is C=CC(=O)NCc1nc(-c2nc(-c3ccc4c(c3)CCNC4)c3ccsc3c2-c2ccc(F)cc2OCCOC)n[nH]1. The van der Waals surface area contributed by atoms with Gasteiger partial charge in [0.25, 0.3) is 0 Å². The number of aromatic amines is 1. The highest BCUT2D eigenvalue weighted by atomic mass is 32.1. The summed E-state index contributed by atoms with van der Waals surface area (Å²) in [7, 11) is 1.58. The van der Waals surface area contributed by atoms with Gasteiger partial charge in [0.1, 0.15) is 29.7 Å². The monoisotopic (exact) mass is 584 g/mol. The summed E-state index contributed by atoms with van der Waals surface area (Å²) in [4.78, 5) is 21.6. The first-order valence-corrected chi connectivity index (χ1v) is 14.4. The van der Waals surface area contributed by atoms with E-state index in [1.807, 2.05) is 5.38 Å². The summed E-state index contributed by atoms with van der Waals surface area (Å²) in [5.41, 5.74) is 6.30. The maximum absolute atomic E-state index is 14.5. The number of hydrogen-bond donors (Lipinski definition) is 3. The number of pyridine rings is 1. The fourth-order valence-corrected chi connectivity index (χ4v) is 6.02. The Hall–Kier alpha value is -4.45. The maximum Gasteiger partial charge on any atom is 0.243 e. The highest BCUT2D eigenvalue weighted by molar-refractivity contribution is 7.18. The van der Waals surface area contributed by atoms with Crippen molar-refractivity contribution in [2.75, 3.05) is 26.9 Å². The second-order valence-electron chi connectivity index (χ2n) is 9.77. The van der Waals surface area contributed by atoms with Gasteiger partial charge in [-0.3, -0.25) is 9.89 Å². The Kier molecular flexibility index (Phi) is 8.04. The fraction of sp³-hybridized carbons (Fsp3) is 0.226. The number of amides is 1. The van der Waals surface area contributed by atoms with E-state index >= 15 is 0 Å². The lowest BCUT2D eigenvalue weighted by Crippen LogP contribution is -2.23. The van der Waals surface area contributed by atoms with E-state index in [1.54, 1.807) is 24.5 Å². The van der Waals surface area contributed by atoms with E-state index in [4.69, 9.17) is 14.5 Å². The van der Waals surface area contributed by atoms with Crippen LogP contribution < -0.4 is 15.4 Å². The molecule has 3 N–H and O–H groups in total. The number of H-pyrrole nitrogens is 1. The second-order valence-corrected chi connectivity index (χ2v) is 10.7. The third kappa shape index (κ3) is 5.54. The van der Waals surface area contributed by atoms with Gasteiger partial charge in [-0.05, 0) is 59.8 Å². The molecule has 0 fully saturated rings. The summed E-state index contributed by atoms with van der Waals surface area (Å²) in [5, 5.41) is 16.5. The van der Waals surface area contributed by atoms with Crippen LogP contribution >= 0.6 is 11.3 Å². The van der Waals surface area contributed by atoms with E-state index in [2.05, 4.69) is 56.7 Å². The third-order valence-electron chi connectivity index (χ3n) is 7.09. The molecule has 0 saturated carbocycles. The highest BCUT2D eigenvalue weighted by Gasteiger charge is 2.25. The number of methoxy groups -OCH3 is 1. The minimum absolute atomic E-state index is 0.141. The second kappa shape index (κ2) is 12.2. The number of carbonyl (C=O) groups excluding carboxylic acids is 1. The van der Waals surface area contributed by atoms with Gasteiger partial charge in [-0.1, -0.05) is 18.7 Å². The predicted octanol–water partition coefficient (Wildman–Crippen LogP) is 5.03. The predicted molar refractivity (Wildman–Crippen MR) is 161 cm³/mol. The molecule has 0 bridgehead atoms. The van der Waals surface area contributed by atoms with E-state index in [1.165, 1.54) is 29.3 Å². The van der Waals surface area contributed by atoms with Crippen LogP contribution in [0.5, 0.6) is 5.75 Å². The molecule has 3 aromatic heterocycles. The van der Waals surface area contributed by atoms with Crippen molar-refractivity contribution >= 4 is 27.3 Å². The number of aromatic nitrogens is 4. The van der Waals surface area contributed by atoms with Gasteiger partial charge in [0.2, 0.25) is 11.7 Å². The van der Waals surface area contributed by atoms with Crippen molar-refractivity contribution in [1.29, 1.82) is 0 Å². The van der Waals surface area contributed by atoms with Gasteiger partial charge in [0.15, 0.2) is 0 Å². The number of nitrogens with zero attached hydrogens (tertiary/aromatic N) is 3. The average Bonchev–Trinajstić information content (AvgIpc) is 3.70. The number of fused-ring (bicyclic) bond motifs is 2. The lowest BCUT2D eigenvalue weighted by molar-refractivity contribution is -0.116. The van der Waals surface area contributed by atoms with Crippen molar-refractivity contribution < 1.29 is 18.7 Å². The topological polar surface area (TPSA) is 114 Å². The van der Waals surface area contributed by atoms with Crippen LogP contribution in [-0.4, -0.2) is 52.9 Å². The molecule has 0 radical (unpaired) electrons. The van der Waals surface area contributed by atoms with E-state index in [-0.39, 0.29) is 19.1 Å². The van der Waals surface area contributed by atoms with Gasteiger partial charge in [-0.25, -0.2) is 14.4 Å². The van der Waals surface area contributed by atoms with Gasteiger partial charge < -0.3 is 20.1 Å². The van der Waals surface area contributed by atoms with Crippen molar-refractivity contribution in [2.45, 2.75) is 19.5 Å². The van der Waals surface area contributed by atoms with Crippen molar-refractivity contribution in [2.24, 2.45) is 0 Å². The van der Waals surface area contributed by atoms with Crippen LogP contribution in [0.1, 0.15) is 17.0 Å². The first-order valence-electron chi connectivity index (χ1n) is 13.5. The van der Waals surface area contributed by atoms with E-state index in [9.17, 15) is 9.18 Å². The van der Waals surface area contributed by atoms with Crippen LogP contribution in [0.3, 0.4) is 0 Å². The molecular weight excluding hydrogens is 555 g/mol. The molecular formula is C31H29FN6O3S. The number of rotatable bonds is 10. The standard InChI is InChI=1S/C31H29FN6O3S/c1-3-26(39)34-17-25-35-31(38-37-25)29-27(22-7-6-21(32)15-24(22)41-12-11-40-2)30-23(9-13-42-30)28(36-29)19-4-5-20-16-33-10-8-18(20)14-19/h3-7,9,13-15,33H,1,8,10-12,16-17H2,2H3,(H,34,39)(H,35,37,38). The molecule has 9 nitrogen and oxygen atoms in total. The van der Waals surface area contributed by atoms with Gasteiger partial charge in [-0.15, -0.1) is 11.3 Å². The molecule has 5 aromatic rings. The molecule has 42 heavy (non-hydrogen) atoms. The summed E-state index contributed by atoms with van der Waals surface area (Å²) in [6.45, 7) is 6.00. The normalized spacial score (nSPS) is 12.7. The van der Waals surface area contributed by atoms with Crippen LogP contribution in [0.2, 0.25) is 0 Å². The molecule has 0 atom stereocenters. The van der Waals surface area contributed by atoms with Crippen LogP contribution in [0.25, 0.3) is 44.0 Å². The van der Waals surface area contributed by atoms with Crippen LogP contribution in [0, 0.1) is 5.82 Å². The van der Waals surface area contributed by atoms with E-state index in [0.717, 1.165) is 46.4 Å². The third-order valence-corrected chi connectivity index (χ3v) is 8.02. The molecule has 1 aliphatic rings. The number of nitrogens with one attached hydrogen (secondary N) is 3. The van der Waals surface area contributed by atoms with Crippen molar-refractivity contribution in [3.8, 4) is 39.7 Å². The molecule has 0 aliphatic carbocycles. The van der Waals surface area contributed by atoms with Crippen LogP contribution in [-0.2, 0) is 29.0 Å². The Labute approximate surface area is 245 Å². The minimum Gasteiger partial charge on any atom is -0.490 e. The van der Waals surface area contributed by atoms with E-state index in [0.29, 0.717) is 35.3 Å². The number of ether oxygens (including phenoxy) is 2. The van der Waals surface area contributed by atoms with Crippen molar-refractivity contribution in [3.05, 3.63) is 83.3 Å².